The van der Waals surface area contributed by atoms with Gasteiger partial charge in [-0.15, -0.1) is 0 Å². The highest BCUT2D eigenvalue weighted by atomic mass is 16.3. The number of carbonyl (C=O) groups is 2. The number of amides is 2. The summed E-state index contributed by atoms with van der Waals surface area (Å²) in [7, 11) is 0. The third kappa shape index (κ3) is 5.63. The van der Waals surface area contributed by atoms with Crippen LogP contribution in [0.4, 0.5) is 0 Å². The van der Waals surface area contributed by atoms with Gasteiger partial charge >= 0.3 is 0 Å². The van der Waals surface area contributed by atoms with E-state index in [0.717, 1.165) is 34.9 Å². The van der Waals surface area contributed by atoms with Crippen molar-refractivity contribution in [3.8, 4) is 5.75 Å². The third-order valence-electron chi connectivity index (χ3n) is 5.13. The average Bonchev–Trinajstić information content (AvgIpc) is 3.14. The molecule has 6 heteroatoms. The van der Waals surface area contributed by atoms with Crippen LogP contribution >= 0.6 is 0 Å². The fourth-order valence-corrected chi connectivity index (χ4v) is 3.36. The number of phenolic OH excluding ortho intramolecular Hbond substituents is 1. The third-order valence-corrected chi connectivity index (χ3v) is 5.13. The number of benzene rings is 2. The van der Waals surface area contributed by atoms with E-state index in [0.29, 0.717) is 13.0 Å². The molecule has 0 aliphatic rings. The number of aromatic nitrogens is 1. The lowest BCUT2D eigenvalue weighted by molar-refractivity contribution is -0.130. The summed E-state index contributed by atoms with van der Waals surface area (Å²) in [6, 6.07) is 14.4. The van der Waals surface area contributed by atoms with Crippen LogP contribution in [0.2, 0.25) is 0 Å². The summed E-state index contributed by atoms with van der Waals surface area (Å²) in [4.78, 5) is 28.3. The number of aromatic hydroxyl groups is 1. The summed E-state index contributed by atoms with van der Waals surface area (Å²) in [6.07, 6.45) is 3.89. The number of phenols is 1. The predicted molar refractivity (Wildman–Crippen MR) is 118 cm³/mol. The van der Waals surface area contributed by atoms with E-state index in [-0.39, 0.29) is 23.5 Å². The standard InChI is InChI=1S/C24H29N3O3/c1-16(2)23(29)27-22(14-18-15-26-21-8-4-3-7-20(18)21)24(30)25-13-5-6-17-9-11-19(28)12-10-17/h3-4,7-12,15-16,22,26,28H,5-6,13-14H2,1-2H3,(H,25,30)(H,27,29). The van der Waals surface area contributed by atoms with Crippen molar-refractivity contribution < 1.29 is 14.7 Å². The highest BCUT2D eigenvalue weighted by Gasteiger charge is 2.23. The van der Waals surface area contributed by atoms with Crippen LogP contribution in [-0.2, 0) is 22.4 Å². The van der Waals surface area contributed by atoms with E-state index in [4.69, 9.17) is 0 Å². The van der Waals surface area contributed by atoms with Crippen LogP contribution in [0.15, 0.2) is 54.7 Å². The Morgan fingerprint density at radius 2 is 1.77 bits per heavy atom. The van der Waals surface area contributed by atoms with E-state index in [1.807, 2.05) is 56.4 Å². The van der Waals surface area contributed by atoms with Crippen molar-refractivity contribution in [2.75, 3.05) is 6.54 Å². The zero-order chi connectivity index (χ0) is 21.5. The maximum Gasteiger partial charge on any atom is 0.242 e. The number of para-hydroxylation sites is 1. The second-order valence-corrected chi connectivity index (χ2v) is 7.84. The molecule has 1 heterocycles. The smallest absolute Gasteiger partial charge is 0.242 e. The van der Waals surface area contributed by atoms with Gasteiger partial charge in [0.25, 0.3) is 0 Å². The molecule has 2 amide bonds. The first-order chi connectivity index (χ1) is 14.4. The quantitative estimate of drug-likeness (QED) is 0.410. The summed E-state index contributed by atoms with van der Waals surface area (Å²) in [6.45, 7) is 4.14. The summed E-state index contributed by atoms with van der Waals surface area (Å²) in [5.74, 6) is -0.273. The number of hydrogen-bond donors (Lipinski definition) is 4. The zero-order valence-electron chi connectivity index (χ0n) is 17.4. The Labute approximate surface area is 176 Å². The van der Waals surface area contributed by atoms with Crippen LogP contribution < -0.4 is 10.6 Å². The molecule has 0 fully saturated rings. The molecule has 30 heavy (non-hydrogen) atoms. The van der Waals surface area contributed by atoms with E-state index >= 15 is 0 Å². The van der Waals surface area contributed by atoms with Gasteiger partial charge in [0.2, 0.25) is 11.8 Å². The minimum atomic E-state index is -0.632. The van der Waals surface area contributed by atoms with Crippen molar-refractivity contribution in [3.63, 3.8) is 0 Å². The summed E-state index contributed by atoms with van der Waals surface area (Å²) in [5, 5.41) is 16.3. The average molecular weight is 408 g/mol. The van der Waals surface area contributed by atoms with Crippen molar-refractivity contribution >= 4 is 22.7 Å². The lowest BCUT2D eigenvalue weighted by Gasteiger charge is -2.19. The van der Waals surface area contributed by atoms with Crippen molar-refractivity contribution in [2.24, 2.45) is 5.92 Å². The molecule has 4 N–H and O–H groups in total. The van der Waals surface area contributed by atoms with Crippen LogP contribution in [0.25, 0.3) is 10.9 Å². The highest BCUT2D eigenvalue weighted by Crippen LogP contribution is 2.19. The van der Waals surface area contributed by atoms with Crippen LogP contribution in [0.3, 0.4) is 0 Å². The molecule has 0 aliphatic carbocycles. The van der Waals surface area contributed by atoms with Gasteiger partial charge in [-0.3, -0.25) is 9.59 Å². The Morgan fingerprint density at radius 1 is 1.03 bits per heavy atom. The molecule has 1 aromatic heterocycles. The first kappa shape index (κ1) is 21.4. The Balaban J connectivity index is 1.61. The Bertz CT molecular complexity index is 992. The zero-order valence-corrected chi connectivity index (χ0v) is 17.4. The molecule has 3 rings (SSSR count). The number of fused-ring (bicyclic) bond motifs is 1. The number of H-pyrrole nitrogens is 1. The molecule has 0 saturated heterocycles. The molecular weight excluding hydrogens is 378 g/mol. The topological polar surface area (TPSA) is 94.2 Å². The number of nitrogens with one attached hydrogen (secondary N) is 3. The van der Waals surface area contributed by atoms with Crippen LogP contribution in [0.1, 0.15) is 31.4 Å². The molecule has 1 unspecified atom stereocenters. The lowest BCUT2D eigenvalue weighted by atomic mass is 10.0. The van der Waals surface area contributed by atoms with E-state index in [1.165, 1.54) is 0 Å². The van der Waals surface area contributed by atoms with Crippen molar-refractivity contribution in [1.29, 1.82) is 0 Å². The second kappa shape index (κ2) is 9.96. The van der Waals surface area contributed by atoms with Gasteiger partial charge in [-0.25, -0.2) is 0 Å². The van der Waals surface area contributed by atoms with Gasteiger partial charge in [0.1, 0.15) is 11.8 Å². The van der Waals surface area contributed by atoms with E-state index < -0.39 is 6.04 Å². The molecule has 0 aliphatic heterocycles. The van der Waals surface area contributed by atoms with Gasteiger partial charge in [0, 0.05) is 36.0 Å². The molecule has 0 saturated carbocycles. The molecule has 0 radical (unpaired) electrons. The summed E-state index contributed by atoms with van der Waals surface area (Å²) in [5.41, 5.74) is 3.11. The fraction of sp³-hybridized carbons (Fsp3) is 0.333. The molecule has 0 spiro atoms. The number of aromatic amines is 1. The minimum Gasteiger partial charge on any atom is -0.508 e. The minimum absolute atomic E-state index is 0.140. The predicted octanol–water partition coefficient (Wildman–Crippen LogP) is 3.31. The van der Waals surface area contributed by atoms with Gasteiger partial charge in [-0.05, 0) is 42.2 Å². The molecule has 0 bridgehead atoms. The Kier molecular flexibility index (Phi) is 7.12. The molecule has 1 atom stereocenters. The van der Waals surface area contributed by atoms with Gasteiger partial charge in [-0.1, -0.05) is 44.2 Å². The number of aryl methyl sites for hydroxylation is 1. The number of hydrogen-bond acceptors (Lipinski definition) is 3. The van der Waals surface area contributed by atoms with Gasteiger partial charge in [0.15, 0.2) is 0 Å². The molecule has 158 valence electrons. The summed E-state index contributed by atoms with van der Waals surface area (Å²) < 4.78 is 0. The fourth-order valence-electron chi connectivity index (χ4n) is 3.36. The van der Waals surface area contributed by atoms with E-state index in [1.54, 1.807) is 12.1 Å². The van der Waals surface area contributed by atoms with Crippen LogP contribution in [0, 0.1) is 5.92 Å². The van der Waals surface area contributed by atoms with Crippen molar-refractivity contribution in [3.05, 3.63) is 65.9 Å². The van der Waals surface area contributed by atoms with Crippen LogP contribution in [0.5, 0.6) is 5.75 Å². The van der Waals surface area contributed by atoms with Crippen LogP contribution in [-0.4, -0.2) is 34.5 Å². The first-order valence-corrected chi connectivity index (χ1v) is 10.3. The maximum atomic E-state index is 12.9. The maximum absolute atomic E-state index is 12.9. The second-order valence-electron chi connectivity index (χ2n) is 7.84. The monoisotopic (exact) mass is 407 g/mol. The highest BCUT2D eigenvalue weighted by molar-refractivity contribution is 5.90. The van der Waals surface area contributed by atoms with Gasteiger partial charge in [0.05, 0.1) is 0 Å². The normalized spacial score (nSPS) is 12.1. The molecule has 6 nitrogen and oxygen atoms in total. The largest absolute Gasteiger partial charge is 0.508 e. The molecule has 2 aromatic carbocycles. The van der Waals surface area contributed by atoms with Crippen molar-refractivity contribution in [2.45, 2.75) is 39.2 Å². The first-order valence-electron chi connectivity index (χ1n) is 10.3. The SMILES string of the molecule is CC(C)C(=O)NC(Cc1c[nH]c2ccccc12)C(=O)NCCCc1ccc(O)cc1. The van der Waals surface area contributed by atoms with E-state index in [2.05, 4.69) is 15.6 Å². The number of rotatable bonds is 9. The lowest BCUT2D eigenvalue weighted by Crippen LogP contribution is -2.49. The summed E-state index contributed by atoms with van der Waals surface area (Å²) >= 11 is 0. The number of carbonyl (C=O) groups excluding carboxylic acids is 2. The Hall–Kier alpha value is -3.28. The molecular formula is C24H29N3O3. The Morgan fingerprint density at radius 3 is 2.50 bits per heavy atom. The van der Waals surface area contributed by atoms with E-state index in [9.17, 15) is 14.7 Å². The molecule has 3 aromatic rings. The van der Waals surface area contributed by atoms with Gasteiger partial charge < -0.3 is 20.7 Å². The van der Waals surface area contributed by atoms with Crippen molar-refractivity contribution in [1.82, 2.24) is 15.6 Å². The van der Waals surface area contributed by atoms with Gasteiger partial charge in [-0.2, -0.15) is 0 Å².